The van der Waals surface area contributed by atoms with E-state index in [9.17, 15) is 4.79 Å². The molecule has 6 heteroatoms. The van der Waals surface area contributed by atoms with E-state index < -0.39 is 0 Å². The molecule has 0 spiro atoms. The lowest BCUT2D eigenvalue weighted by Crippen LogP contribution is -2.51. The van der Waals surface area contributed by atoms with Crippen molar-refractivity contribution in [2.45, 2.75) is 25.8 Å². The van der Waals surface area contributed by atoms with Gasteiger partial charge >= 0.3 is 0 Å². The molecule has 2 N–H and O–H groups in total. The molecule has 3 heterocycles. The molecule has 1 aliphatic heterocycles. The van der Waals surface area contributed by atoms with Crippen LogP contribution < -0.4 is 5.73 Å². The molecule has 0 radical (unpaired) electrons. The van der Waals surface area contributed by atoms with Crippen molar-refractivity contribution >= 4 is 23.8 Å². The first-order valence-corrected chi connectivity index (χ1v) is 7.15. The van der Waals surface area contributed by atoms with E-state index in [4.69, 9.17) is 5.73 Å². The topological polar surface area (TPSA) is 63.6 Å². The number of piperidine rings is 1. The Morgan fingerprint density at radius 1 is 1.48 bits per heavy atom. The van der Waals surface area contributed by atoms with Crippen LogP contribution in [0.2, 0.25) is 0 Å². The van der Waals surface area contributed by atoms with Crippen molar-refractivity contribution in [1.29, 1.82) is 0 Å². The van der Waals surface area contributed by atoms with Crippen molar-refractivity contribution in [1.82, 2.24) is 14.5 Å². The van der Waals surface area contributed by atoms with Gasteiger partial charge in [0, 0.05) is 25.3 Å². The molecule has 0 bridgehead atoms. The summed E-state index contributed by atoms with van der Waals surface area (Å²) >= 11 is 0. The first-order chi connectivity index (χ1) is 9.72. The molecule has 5 nitrogen and oxygen atoms in total. The predicted molar refractivity (Wildman–Crippen MR) is 84.7 cm³/mol. The lowest BCUT2D eigenvalue weighted by molar-refractivity contribution is 0.0534. The van der Waals surface area contributed by atoms with Gasteiger partial charge in [0.15, 0.2) is 0 Å². The van der Waals surface area contributed by atoms with Crippen LogP contribution in [-0.4, -0.2) is 39.6 Å². The summed E-state index contributed by atoms with van der Waals surface area (Å²) in [5, 5.41) is 4.24. The van der Waals surface area contributed by atoms with E-state index in [-0.39, 0.29) is 24.4 Å². The summed E-state index contributed by atoms with van der Waals surface area (Å²) in [5.41, 5.74) is 7.39. The Kier molecular flexibility index (Phi) is 4.85. The monoisotopic (exact) mass is 308 g/mol. The van der Waals surface area contributed by atoms with Gasteiger partial charge < -0.3 is 10.6 Å². The molecule has 2 aromatic heterocycles. The summed E-state index contributed by atoms with van der Waals surface area (Å²) < 4.78 is 1.73. The Morgan fingerprint density at radius 3 is 3.05 bits per heavy atom. The third-order valence-electron chi connectivity index (χ3n) is 4.27. The van der Waals surface area contributed by atoms with Gasteiger partial charge in [-0.05, 0) is 30.9 Å². The highest BCUT2D eigenvalue weighted by molar-refractivity contribution is 6.00. The Bertz CT molecular complexity index is 627. The maximum Gasteiger partial charge on any atom is 0.257 e. The van der Waals surface area contributed by atoms with E-state index in [1.54, 1.807) is 10.7 Å². The van der Waals surface area contributed by atoms with Crippen LogP contribution in [0.1, 0.15) is 30.1 Å². The SMILES string of the molecule is CC1CCCN(C(=O)c2cnn3ccccc23)C1CN.Cl. The number of aromatic nitrogens is 2. The predicted octanol–water partition coefficient (Wildman–Crippen LogP) is 1.96. The van der Waals surface area contributed by atoms with Gasteiger partial charge in [-0.3, -0.25) is 4.79 Å². The number of nitrogens with two attached hydrogens (primary N) is 1. The van der Waals surface area contributed by atoms with Crippen molar-refractivity contribution < 1.29 is 4.79 Å². The van der Waals surface area contributed by atoms with Gasteiger partial charge in [0.25, 0.3) is 5.91 Å². The summed E-state index contributed by atoms with van der Waals surface area (Å²) in [6, 6.07) is 5.88. The Labute approximate surface area is 130 Å². The number of halogens is 1. The van der Waals surface area contributed by atoms with E-state index in [1.807, 2.05) is 29.3 Å². The smallest absolute Gasteiger partial charge is 0.257 e. The first kappa shape index (κ1) is 15.8. The van der Waals surface area contributed by atoms with Gasteiger partial charge in [0.2, 0.25) is 0 Å². The summed E-state index contributed by atoms with van der Waals surface area (Å²) in [5.74, 6) is 0.507. The lowest BCUT2D eigenvalue weighted by Gasteiger charge is -2.39. The number of fused-ring (bicyclic) bond motifs is 1. The van der Waals surface area contributed by atoms with Crippen LogP contribution in [0.15, 0.2) is 30.6 Å². The van der Waals surface area contributed by atoms with Crippen molar-refractivity contribution in [3.63, 3.8) is 0 Å². The second-order valence-electron chi connectivity index (χ2n) is 5.51. The normalized spacial score (nSPS) is 22.1. The molecule has 2 aromatic rings. The van der Waals surface area contributed by atoms with Crippen molar-refractivity contribution in [2.75, 3.05) is 13.1 Å². The van der Waals surface area contributed by atoms with E-state index in [2.05, 4.69) is 12.0 Å². The van der Waals surface area contributed by atoms with Crippen LogP contribution >= 0.6 is 12.4 Å². The van der Waals surface area contributed by atoms with Crippen LogP contribution in [0.25, 0.3) is 5.52 Å². The largest absolute Gasteiger partial charge is 0.334 e. The zero-order valence-corrected chi connectivity index (χ0v) is 12.9. The Morgan fingerprint density at radius 2 is 2.29 bits per heavy atom. The van der Waals surface area contributed by atoms with Crippen LogP contribution in [0.4, 0.5) is 0 Å². The van der Waals surface area contributed by atoms with Crippen molar-refractivity contribution in [3.05, 3.63) is 36.2 Å². The third kappa shape index (κ3) is 2.76. The average Bonchev–Trinajstić information content (AvgIpc) is 2.90. The highest BCUT2D eigenvalue weighted by Crippen LogP contribution is 2.25. The number of carbonyl (C=O) groups excluding carboxylic acids is 1. The maximum absolute atomic E-state index is 12.8. The van der Waals surface area contributed by atoms with E-state index in [0.717, 1.165) is 24.9 Å². The third-order valence-corrected chi connectivity index (χ3v) is 4.27. The molecule has 1 saturated heterocycles. The first-order valence-electron chi connectivity index (χ1n) is 7.15. The molecule has 0 aliphatic carbocycles. The minimum atomic E-state index is 0. The number of pyridine rings is 1. The van der Waals surface area contributed by atoms with Gasteiger partial charge in [-0.2, -0.15) is 5.10 Å². The number of rotatable bonds is 2. The number of nitrogens with zero attached hydrogens (tertiary/aromatic N) is 3. The Balaban J connectivity index is 0.00000161. The van der Waals surface area contributed by atoms with Crippen LogP contribution in [0.3, 0.4) is 0 Å². The lowest BCUT2D eigenvalue weighted by atomic mass is 9.90. The standard InChI is InChI=1S/C15H20N4O.ClH/c1-11-5-4-7-18(14(11)9-16)15(20)12-10-17-19-8-3-2-6-13(12)19;/h2-3,6,8,10-11,14H,4-5,7,9,16H2,1H3;1H. The number of hydrogen-bond donors (Lipinski definition) is 1. The quantitative estimate of drug-likeness (QED) is 0.922. The highest BCUT2D eigenvalue weighted by Gasteiger charge is 2.32. The van der Waals surface area contributed by atoms with Gasteiger partial charge in [0.05, 0.1) is 17.3 Å². The van der Waals surface area contributed by atoms with Crippen LogP contribution in [-0.2, 0) is 0 Å². The molecule has 3 rings (SSSR count). The van der Waals surface area contributed by atoms with E-state index >= 15 is 0 Å². The molecule has 2 atom stereocenters. The number of hydrogen-bond acceptors (Lipinski definition) is 3. The van der Waals surface area contributed by atoms with Crippen molar-refractivity contribution in [2.24, 2.45) is 11.7 Å². The molecule has 0 saturated carbocycles. The molecule has 1 fully saturated rings. The van der Waals surface area contributed by atoms with Crippen molar-refractivity contribution in [3.8, 4) is 0 Å². The summed E-state index contributed by atoms with van der Waals surface area (Å²) in [6.45, 7) is 3.48. The molecule has 0 aromatic carbocycles. The highest BCUT2D eigenvalue weighted by atomic mass is 35.5. The maximum atomic E-state index is 12.8. The number of amides is 1. The van der Waals surface area contributed by atoms with Crippen LogP contribution in [0, 0.1) is 5.92 Å². The van der Waals surface area contributed by atoms with Gasteiger partial charge in [0.1, 0.15) is 0 Å². The molecule has 2 unspecified atom stereocenters. The number of carbonyl (C=O) groups is 1. The molecule has 114 valence electrons. The summed E-state index contributed by atoms with van der Waals surface area (Å²) in [7, 11) is 0. The minimum absolute atomic E-state index is 0. The molecular weight excluding hydrogens is 288 g/mol. The summed E-state index contributed by atoms with van der Waals surface area (Å²) in [6.07, 6.45) is 5.69. The average molecular weight is 309 g/mol. The van der Waals surface area contributed by atoms with Crippen LogP contribution in [0.5, 0.6) is 0 Å². The van der Waals surface area contributed by atoms with Gasteiger partial charge in [-0.15, -0.1) is 12.4 Å². The van der Waals surface area contributed by atoms with E-state index in [1.165, 1.54) is 0 Å². The van der Waals surface area contributed by atoms with E-state index in [0.29, 0.717) is 18.0 Å². The van der Waals surface area contributed by atoms with Gasteiger partial charge in [-0.1, -0.05) is 13.0 Å². The zero-order valence-electron chi connectivity index (χ0n) is 12.1. The molecule has 1 amide bonds. The molecular formula is C15H21ClN4O. The summed E-state index contributed by atoms with van der Waals surface area (Å²) in [4.78, 5) is 14.7. The fourth-order valence-corrected chi connectivity index (χ4v) is 3.11. The fraction of sp³-hybridized carbons (Fsp3) is 0.467. The fourth-order valence-electron chi connectivity index (χ4n) is 3.11. The zero-order chi connectivity index (χ0) is 14.1. The number of likely N-dealkylation sites (tertiary alicyclic amines) is 1. The minimum Gasteiger partial charge on any atom is -0.334 e. The molecule has 21 heavy (non-hydrogen) atoms. The second kappa shape index (κ2) is 6.45. The second-order valence-corrected chi connectivity index (χ2v) is 5.51. The van der Waals surface area contributed by atoms with Gasteiger partial charge in [-0.25, -0.2) is 4.52 Å². The molecule has 1 aliphatic rings. The Hall–Kier alpha value is -1.59.